The quantitative estimate of drug-likeness (QED) is 0.479. The van der Waals surface area contributed by atoms with Crippen LogP contribution in [0.15, 0.2) is 0 Å². The minimum atomic E-state index is -3.74. The Labute approximate surface area is 67.2 Å². The average Bonchev–Trinajstić information content (AvgIpc) is 1.63. The molecule has 0 spiro atoms. The van der Waals surface area contributed by atoms with Gasteiger partial charge < -0.3 is 5.32 Å². The first kappa shape index (κ1) is 12.8. The molecule has 0 heterocycles. The summed E-state index contributed by atoms with van der Waals surface area (Å²) in [5.74, 6) is -0.159. The molecule has 0 radical (unpaired) electrons. The SMILES string of the molecule is CNCCCS(=O)(=O)O.Cl. The predicted octanol–water partition coefficient (Wildman–Crippen LogP) is -0.0945. The van der Waals surface area contributed by atoms with Crippen molar-refractivity contribution >= 4 is 22.5 Å². The number of nitrogens with one attached hydrogen (secondary N) is 1. The smallest absolute Gasteiger partial charge is 0.264 e. The highest BCUT2D eigenvalue weighted by Gasteiger charge is 2.01. The molecule has 6 heteroatoms. The lowest BCUT2D eigenvalue weighted by atomic mass is 10.5. The van der Waals surface area contributed by atoms with Crippen LogP contribution in [-0.4, -0.2) is 32.3 Å². The van der Waals surface area contributed by atoms with E-state index in [1.165, 1.54) is 0 Å². The third-order valence-electron chi connectivity index (χ3n) is 0.829. The lowest BCUT2D eigenvalue weighted by Gasteiger charge is -1.94. The minimum Gasteiger partial charge on any atom is -0.320 e. The fourth-order valence-electron chi connectivity index (χ4n) is 0.431. The molecule has 0 amide bonds. The van der Waals surface area contributed by atoms with Crippen molar-refractivity contribution in [2.45, 2.75) is 6.42 Å². The van der Waals surface area contributed by atoms with Crippen molar-refractivity contribution in [3.63, 3.8) is 0 Å². The zero-order valence-electron chi connectivity index (χ0n) is 5.70. The fourth-order valence-corrected chi connectivity index (χ4v) is 0.940. The molecule has 0 saturated heterocycles. The Bertz CT molecular complexity index is 156. The van der Waals surface area contributed by atoms with Gasteiger partial charge in [-0.15, -0.1) is 12.4 Å². The fraction of sp³-hybridized carbons (Fsp3) is 1.00. The summed E-state index contributed by atoms with van der Waals surface area (Å²) in [6.07, 6.45) is 0.454. The van der Waals surface area contributed by atoms with E-state index in [1.54, 1.807) is 7.05 Å². The summed E-state index contributed by atoms with van der Waals surface area (Å²) in [6.45, 7) is 0.611. The Hall–Kier alpha value is 0.160. The molecule has 0 aromatic carbocycles. The molecule has 64 valence electrons. The largest absolute Gasteiger partial charge is 0.320 e. The van der Waals surface area contributed by atoms with Crippen molar-refractivity contribution in [1.82, 2.24) is 5.32 Å². The van der Waals surface area contributed by atoms with Crippen LogP contribution in [0.5, 0.6) is 0 Å². The van der Waals surface area contributed by atoms with Crippen molar-refractivity contribution in [2.24, 2.45) is 0 Å². The van der Waals surface area contributed by atoms with Crippen molar-refractivity contribution < 1.29 is 13.0 Å². The van der Waals surface area contributed by atoms with Gasteiger partial charge in [-0.1, -0.05) is 0 Å². The Morgan fingerprint density at radius 2 is 2.00 bits per heavy atom. The molecule has 0 aromatic heterocycles. The first-order valence-corrected chi connectivity index (χ1v) is 4.27. The second-order valence-electron chi connectivity index (χ2n) is 1.74. The zero-order chi connectivity index (χ0) is 7.33. The van der Waals surface area contributed by atoms with E-state index in [-0.39, 0.29) is 18.2 Å². The van der Waals surface area contributed by atoms with Crippen molar-refractivity contribution in [2.75, 3.05) is 19.3 Å². The van der Waals surface area contributed by atoms with E-state index in [4.69, 9.17) is 4.55 Å². The number of hydrogen-bond acceptors (Lipinski definition) is 3. The molecule has 0 bridgehead atoms. The summed E-state index contributed by atoms with van der Waals surface area (Å²) >= 11 is 0. The molecule has 4 nitrogen and oxygen atoms in total. The average molecular weight is 190 g/mol. The van der Waals surface area contributed by atoms with E-state index >= 15 is 0 Å². The van der Waals surface area contributed by atoms with Crippen LogP contribution >= 0.6 is 12.4 Å². The summed E-state index contributed by atoms with van der Waals surface area (Å²) in [5.41, 5.74) is 0. The van der Waals surface area contributed by atoms with Gasteiger partial charge in [0.2, 0.25) is 0 Å². The molecule has 0 aliphatic heterocycles. The second-order valence-corrected chi connectivity index (χ2v) is 3.32. The lowest BCUT2D eigenvalue weighted by Crippen LogP contribution is -2.13. The summed E-state index contributed by atoms with van der Waals surface area (Å²) in [6, 6.07) is 0. The lowest BCUT2D eigenvalue weighted by molar-refractivity contribution is 0.480. The topological polar surface area (TPSA) is 66.4 Å². The summed E-state index contributed by atoms with van der Waals surface area (Å²) in [5, 5.41) is 2.76. The van der Waals surface area contributed by atoms with Gasteiger partial charge >= 0.3 is 0 Å². The molecule has 0 fully saturated rings. The van der Waals surface area contributed by atoms with Gasteiger partial charge in [0, 0.05) is 0 Å². The van der Waals surface area contributed by atoms with Crippen LogP contribution in [0.2, 0.25) is 0 Å². The summed E-state index contributed by atoms with van der Waals surface area (Å²) in [4.78, 5) is 0. The highest BCUT2D eigenvalue weighted by molar-refractivity contribution is 7.85. The van der Waals surface area contributed by atoms with Gasteiger partial charge in [0.15, 0.2) is 0 Å². The van der Waals surface area contributed by atoms with E-state index in [2.05, 4.69) is 5.32 Å². The van der Waals surface area contributed by atoms with Gasteiger partial charge in [-0.3, -0.25) is 4.55 Å². The number of hydrogen-bond donors (Lipinski definition) is 2. The highest BCUT2D eigenvalue weighted by atomic mass is 35.5. The van der Waals surface area contributed by atoms with Gasteiger partial charge in [0.05, 0.1) is 5.75 Å². The number of rotatable bonds is 4. The van der Waals surface area contributed by atoms with Crippen LogP contribution in [0.25, 0.3) is 0 Å². The van der Waals surface area contributed by atoms with Crippen molar-refractivity contribution in [3.8, 4) is 0 Å². The molecule has 2 N–H and O–H groups in total. The van der Waals surface area contributed by atoms with E-state index < -0.39 is 10.1 Å². The standard InChI is InChI=1S/C4H11NO3S.ClH/c1-5-3-2-4-9(6,7)8;/h5H,2-4H2,1H3,(H,6,7,8);1H. The van der Waals surface area contributed by atoms with E-state index in [0.29, 0.717) is 13.0 Å². The van der Waals surface area contributed by atoms with Gasteiger partial charge in [0.1, 0.15) is 0 Å². The maximum absolute atomic E-state index is 10.0. The van der Waals surface area contributed by atoms with Crippen LogP contribution in [0.4, 0.5) is 0 Å². The van der Waals surface area contributed by atoms with Gasteiger partial charge in [-0.25, -0.2) is 0 Å². The number of halogens is 1. The maximum atomic E-state index is 10.0. The van der Waals surface area contributed by atoms with Gasteiger partial charge in [-0.05, 0) is 20.0 Å². The van der Waals surface area contributed by atoms with Crippen LogP contribution in [0, 0.1) is 0 Å². The predicted molar refractivity (Wildman–Crippen MR) is 42.2 cm³/mol. The first-order valence-electron chi connectivity index (χ1n) is 2.66. The molecule has 0 aliphatic carbocycles. The molecule has 0 saturated carbocycles. The van der Waals surface area contributed by atoms with Crippen LogP contribution in [-0.2, 0) is 10.1 Å². The van der Waals surface area contributed by atoms with Gasteiger partial charge in [-0.2, -0.15) is 8.42 Å². The van der Waals surface area contributed by atoms with Crippen molar-refractivity contribution in [3.05, 3.63) is 0 Å². The molecule has 0 rings (SSSR count). The second kappa shape index (κ2) is 5.91. The molecule has 0 aliphatic rings. The van der Waals surface area contributed by atoms with E-state index in [9.17, 15) is 8.42 Å². The Morgan fingerprint density at radius 3 is 2.30 bits per heavy atom. The third kappa shape index (κ3) is 11.0. The molecule has 10 heavy (non-hydrogen) atoms. The Kier molecular flexibility index (Phi) is 7.56. The first-order chi connectivity index (χ1) is 4.06. The van der Waals surface area contributed by atoms with Gasteiger partial charge in [0.25, 0.3) is 10.1 Å². The molecule has 0 aromatic rings. The summed E-state index contributed by atoms with van der Waals surface area (Å²) < 4.78 is 28.3. The zero-order valence-corrected chi connectivity index (χ0v) is 7.33. The maximum Gasteiger partial charge on any atom is 0.264 e. The van der Waals surface area contributed by atoms with Crippen LogP contribution < -0.4 is 5.32 Å². The molecule has 0 atom stereocenters. The molecular weight excluding hydrogens is 178 g/mol. The summed E-state index contributed by atoms with van der Waals surface area (Å²) in [7, 11) is -2.01. The Morgan fingerprint density at radius 1 is 1.50 bits per heavy atom. The van der Waals surface area contributed by atoms with E-state index in [0.717, 1.165) is 0 Å². The monoisotopic (exact) mass is 189 g/mol. The van der Waals surface area contributed by atoms with Crippen molar-refractivity contribution in [1.29, 1.82) is 0 Å². The third-order valence-corrected chi connectivity index (χ3v) is 1.63. The van der Waals surface area contributed by atoms with Crippen LogP contribution in [0.1, 0.15) is 6.42 Å². The minimum absolute atomic E-state index is 0. The van der Waals surface area contributed by atoms with Crippen LogP contribution in [0.3, 0.4) is 0 Å². The highest BCUT2D eigenvalue weighted by Crippen LogP contribution is 1.84. The molecular formula is C4H12ClNO3S. The normalized spacial score (nSPS) is 10.6. The Balaban J connectivity index is 0. The van der Waals surface area contributed by atoms with E-state index in [1.807, 2.05) is 0 Å². The molecule has 0 unspecified atom stereocenters.